The summed E-state index contributed by atoms with van der Waals surface area (Å²) in [4.78, 5) is 13.3. The molecule has 0 amide bonds. The molecule has 0 saturated carbocycles. The molecule has 10 atom stereocenters. The lowest BCUT2D eigenvalue weighted by Crippen LogP contribution is -2.63. The molecule has 1 aromatic rings. The smallest absolute Gasteiger partial charge is 0.310 e. The number of carbonyl (C=O) groups is 1. The number of allylic oxidation sites excluding steroid dienone is 3. The minimum atomic E-state index is -1.45. The molecule has 0 spiro atoms. The molecule has 4 heterocycles. The van der Waals surface area contributed by atoms with E-state index in [4.69, 9.17) is 42.6 Å². The van der Waals surface area contributed by atoms with Crippen LogP contribution in [0, 0.1) is 11.8 Å². The van der Waals surface area contributed by atoms with Gasteiger partial charge < -0.3 is 58.0 Å². The van der Waals surface area contributed by atoms with Crippen LogP contribution in [-0.2, 0) is 38.0 Å². The number of carbonyl (C=O) groups excluding carboxylic acids is 1. The third kappa shape index (κ3) is 5.13. The maximum atomic E-state index is 13.3. The highest BCUT2D eigenvalue weighted by atomic mass is 16.8. The van der Waals surface area contributed by atoms with Gasteiger partial charge in [0.25, 0.3) is 0 Å². The highest BCUT2D eigenvalue weighted by Crippen LogP contribution is 2.56. The van der Waals surface area contributed by atoms with Gasteiger partial charge in [-0.2, -0.15) is 0 Å². The molecule has 5 aliphatic rings. The Hall–Kier alpha value is -3.33. The van der Waals surface area contributed by atoms with Crippen molar-refractivity contribution >= 4 is 5.97 Å². The Morgan fingerprint density at radius 2 is 1.74 bits per heavy atom. The lowest BCUT2D eigenvalue weighted by molar-refractivity contribution is -0.364. The maximum Gasteiger partial charge on any atom is 0.310 e. The van der Waals surface area contributed by atoms with Crippen molar-refractivity contribution in [1.82, 2.24) is 0 Å². The van der Waals surface area contributed by atoms with Gasteiger partial charge in [-0.15, -0.1) is 0 Å². The lowest BCUT2D eigenvalue weighted by Gasteiger charge is -2.47. The fraction of sp³-hybridized carbons (Fsp3) is 0.567. The van der Waals surface area contributed by atoms with Crippen LogP contribution in [0.1, 0.15) is 37.0 Å². The van der Waals surface area contributed by atoms with Crippen molar-refractivity contribution in [2.45, 2.75) is 62.9 Å². The first kappa shape index (κ1) is 29.7. The molecule has 1 aromatic carbocycles. The van der Waals surface area contributed by atoms with Crippen LogP contribution < -0.4 is 9.47 Å². The molecule has 3 saturated heterocycles. The normalized spacial score (nSPS) is 37.0. The van der Waals surface area contributed by atoms with Gasteiger partial charge in [-0.25, -0.2) is 0 Å². The fourth-order valence-corrected chi connectivity index (χ4v) is 6.44. The van der Waals surface area contributed by atoms with E-state index in [-0.39, 0.29) is 37.3 Å². The van der Waals surface area contributed by atoms with Crippen molar-refractivity contribution in [3.63, 3.8) is 0 Å². The number of aliphatic hydroxyl groups excluding tert-OH is 3. The highest BCUT2D eigenvalue weighted by molar-refractivity contribution is 5.78. The quantitative estimate of drug-likeness (QED) is 0.236. The van der Waals surface area contributed by atoms with Crippen LogP contribution in [0.5, 0.6) is 11.5 Å². The third-order valence-electron chi connectivity index (χ3n) is 8.69. The van der Waals surface area contributed by atoms with Crippen LogP contribution in [0.3, 0.4) is 0 Å². The molecule has 234 valence electrons. The van der Waals surface area contributed by atoms with E-state index < -0.39 is 66.8 Å². The van der Waals surface area contributed by atoms with Crippen molar-refractivity contribution in [3.05, 3.63) is 58.8 Å². The van der Waals surface area contributed by atoms with Gasteiger partial charge in [0.2, 0.25) is 6.79 Å². The number of hydrogen-bond acceptors (Lipinski definition) is 13. The summed E-state index contributed by atoms with van der Waals surface area (Å²) in [5, 5.41) is 32.6. The molecule has 13 heteroatoms. The Morgan fingerprint density at radius 3 is 2.44 bits per heavy atom. The molecule has 3 N–H and O–H groups in total. The summed E-state index contributed by atoms with van der Waals surface area (Å²) in [5.74, 6) is -1.29. The summed E-state index contributed by atoms with van der Waals surface area (Å²) < 4.78 is 51.2. The van der Waals surface area contributed by atoms with Gasteiger partial charge in [-0.1, -0.05) is 6.58 Å². The molecule has 13 nitrogen and oxygen atoms in total. The van der Waals surface area contributed by atoms with Crippen molar-refractivity contribution < 1.29 is 62.7 Å². The number of methoxy groups -OCH3 is 2. The van der Waals surface area contributed by atoms with Crippen LogP contribution >= 0.6 is 0 Å². The first-order valence-electron chi connectivity index (χ1n) is 14.1. The van der Waals surface area contributed by atoms with E-state index in [0.717, 1.165) is 0 Å². The second-order valence-corrected chi connectivity index (χ2v) is 11.1. The first-order valence-corrected chi connectivity index (χ1v) is 14.1. The maximum absolute atomic E-state index is 13.3. The predicted octanol–water partition coefficient (Wildman–Crippen LogP) is 2.09. The molecular formula is C30H36O13. The molecule has 3 fully saturated rings. The number of ether oxygens (including phenoxy) is 9. The monoisotopic (exact) mass is 604 g/mol. The van der Waals surface area contributed by atoms with Crippen molar-refractivity contribution in [2.75, 3.05) is 34.2 Å². The van der Waals surface area contributed by atoms with Gasteiger partial charge in [0, 0.05) is 11.8 Å². The lowest BCUT2D eigenvalue weighted by atomic mass is 9.66. The van der Waals surface area contributed by atoms with Gasteiger partial charge in [0.1, 0.15) is 30.2 Å². The summed E-state index contributed by atoms with van der Waals surface area (Å²) >= 11 is 0. The van der Waals surface area contributed by atoms with Crippen LogP contribution in [0.15, 0.2) is 47.6 Å². The minimum Gasteiger partial charge on any atom is -0.502 e. The zero-order valence-electron chi connectivity index (χ0n) is 24.3. The number of rotatable bonds is 7. The molecule has 0 bridgehead atoms. The molecule has 0 aromatic heterocycles. The molecule has 6 rings (SSSR count). The summed E-state index contributed by atoms with van der Waals surface area (Å²) in [6, 6.07) is 3.55. The van der Waals surface area contributed by atoms with Crippen LogP contribution in [0.2, 0.25) is 0 Å². The zero-order valence-corrected chi connectivity index (χ0v) is 24.3. The zero-order chi connectivity index (χ0) is 30.6. The van der Waals surface area contributed by atoms with E-state index in [1.165, 1.54) is 14.2 Å². The molecule has 4 aliphatic heterocycles. The Labute approximate surface area is 248 Å². The summed E-state index contributed by atoms with van der Waals surface area (Å²) in [5.41, 5.74) is 1.75. The first-order chi connectivity index (χ1) is 20.6. The number of benzene rings is 1. The van der Waals surface area contributed by atoms with E-state index >= 15 is 0 Å². The van der Waals surface area contributed by atoms with Crippen LogP contribution in [-0.4, -0.2) is 92.5 Å². The molecular weight excluding hydrogens is 568 g/mol. The van der Waals surface area contributed by atoms with E-state index in [2.05, 4.69) is 6.58 Å². The van der Waals surface area contributed by atoms with E-state index in [1.807, 2.05) is 0 Å². The van der Waals surface area contributed by atoms with Crippen LogP contribution in [0.4, 0.5) is 0 Å². The SMILES string of the molecule is C=C(/C=C(OC)\C(O)=C(/C)OC)[C@@H]1c2cc3c(cc2C(OC2O[C@@H]4CO[C@@H](C)O[C@H]4[C@H](O)[C@H]2O)[C@H]2COC(=O)[C@H]12)OCO3. The van der Waals surface area contributed by atoms with Gasteiger partial charge in [0.15, 0.2) is 35.6 Å². The Kier molecular flexibility index (Phi) is 8.05. The third-order valence-corrected chi connectivity index (χ3v) is 8.69. The van der Waals surface area contributed by atoms with Crippen molar-refractivity contribution in [3.8, 4) is 11.5 Å². The van der Waals surface area contributed by atoms with Crippen LogP contribution in [0.25, 0.3) is 0 Å². The molecule has 43 heavy (non-hydrogen) atoms. The molecule has 0 radical (unpaired) electrons. The average Bonchev–Trinajstić information content (AvgIpc) is 3.63. The van der Waals surface area contributed by atoms with Gasteiger partial charge in [-0.05, 0) is 48.8 Å². The number of hydrogen-bond donors (Lipinski definition) is 3. The molecule has 2 unspecified atom stereocenters. The van der Waals surface area contributed by atoms with E-state index in [0.29, 0.717) is 28.2 Å². The van der Waals surface area contributed by atoms with E-state index in [9.17, 15) is 20.1 Å². The summed E-state index contributed by atoms with van der Waals surface area (Å²) in [6.45, 7) is 7.73. The summed E-state index contributed by atoms with van der Waals surface area (Å²) in [7, 11) is 2.83. The number of esters is 1. The number of fused-ring (bicyclic) bond motifs is 4. The van der Waals surface area contributed by atoms with Crippen molar-refractivity contribution in [1.29, 1.82) is 0 Å². The van der Waals surface area contributed by atoms with Gasteiger partial charge in [-0.3, -0.25) is 4.79 Å². The fourth-order valence-electron chi connectivity index (χ4n) is 6.44. The highest BCUT2D eigenvalue weighted by Gasteiger charge is 2.56. The molecule has 1 aliphatic carbocycles. The number of aliphatic hydroxyl groups is 3. The second kappa shape index (κ2) is 11.6. The predicted molar refractivity (Wildman–Crippen MR) is 145 cm³/mol. The Morgan fingerprint density at radius 1 is 1.02 bits per heavy atom. The second-order valence-electron chi connectivity index (χ2n) is 11.1. The van der Waals surface area contributed by atoms with Gasteiger partial charge in [0.05, 0.1) is 39.5 Å². The van der Waals surface area contributed by atoms with E-state index in [1.54, 1.807) is 32.1 Å². The largest absolute Gasteiger partial charge is 0.502 e. The average molecular weight is 605 g/mol. The Bertz CT molecular complexity index is 1340. The topological polar surface area (TPSA) is 161 Å². The summed E-state index contributed by atoms with van der Waals surface area (Å²) in [6.07, 6.45) is -5.31. The number of cyclic esters (lactones) is 1. The minimum absolute atomic E-state index is 0.0189. The Balaban J connectivity index is 1.39. The van der Waals surface area contributed by atoms with Crippen molar-refractivity contribution in [2.24, 2.45) is 11.8 Å². The van der Waals surface area contributed by atoms with Gasteiger partial charge >= 0.3 is 5.97 Å². The standard InChI is InChI=1S/C30H36O13/c1-12(6-20(36-5)24(31)13(2)35-4)22-15-7-18-19(40-11-39-18)8-16(15)27(17-9-38-29(34)23(17)22)43-30-26(33)25(32)28-21(42-30)10-37-14(3)41-28/h6-8,14,17,21-23,25-28,30-33H,1,9-11H2,2-5H3/b20-6+,24-13-/t14-,17+,21-,22-,23+,25-,26-,27?,28-,30?/m1/s1.